The quantitative estimate of drug-likeness (QED) is 0.417. The Balaban J connectivity index is 1.77. The zero-order valence-electron chi connectivity index (χ0n) is 17.1. The van der Waals surface area contributed by atoms with E-state index in [2.05, 4.69) is 13.0 Å². The number of ether oxygens (including phenoxy) is 2. The van der Waals surface area contributed by atoms with E-state index in [0.717, 1.165) is 15.8 Å². The number of thiazole rings is 1. The standard InChI is InChI=1S/C24H22N2O3S/c1-16-9-11-19-22(13-16)30-24(25-19)26(15-17-7-5-4-6-8-17)23(27)18-10-12-20(28-2)21(14-18)29-3/h4-14H,15H2,1-3H3. The summed E-state index contributed by atoms with van der Waals surface area (Å²) < 4.78 is 11.7. The van der Waals surface area contributed by atoms with E-state index in [0.29, 0.717) is 28.7 Å². The van der Waals surface area contributed by atoms with Gasteiger partial charge in [0, 0.05) is 5.56 Å². The largest absolute Gasteiger partial charge is 0.493 e. The van der Waals surface area contributed by atoms with Gasteiger partial charge in [0.25, 0.3) is 5.91 Å². The third-order valence-corrected chi connectivity index (χ3v) is 5.86. The average Bonchev–Trinajstić information content (AvgIpc) is 3.20. The average molecular weight is 419 g/mol. The van der Waals surface area contributed by atoms with Gasteiger partial charge < -0.3 is 9.47 Å². The molecule has 3 aromatic carbocycles. The molecule has 0 aliphatic rings. The number of nitrogens with zero attached hydrogens (tertiary/aromatic N) is 2. The maximum absolute atomic E-state index is 13.6. The number of benzene rings is 3. The van der Waals surface area contributed by atoms with Crippen molar-refractivity contribution >= 4 is 32.6 Å². The summed E-state index contributed by atoms with van der Waals surface area (Å²) in [5.41, 5.74) is 3.60. The Hall–Kier alpha value is -3.38. The lowest BCUT2D eigenvalue weighted by molar-refractivity contribution is 0.0984. The van der Waals surface area contributed by atoms with Gasteiger partial charge in [-0.3, -0.25) is 9.69 Å². The monoisotopic (exact) mass is 418 g/mol. The van der Waals surface area contributed by atoms with Crippen LogP contribution in [0, 0.1) is 6.92 Å². The predicted octanol–water partition coefficient (Wildman–Crippen LogP) is 5.47. The van der Waals surface area contributed by atoms with E-state index in [-0.39, 0.29) is 5.91 Å². The van der Waals surface area contributed by atoms with Crippen molar-refractivity contribution in [3.05, 3.63) is 83.4 Å². The van der Waals surface area contributed by atoms with Crippen molar-refractivity contribution in [2.75, 3.05) is 19.1 Å². The number of anilines is 1. The molecule has 5 nitrogen and oxygen atoms in total. The molecule has 30 heavy (non-hydrogen) atoms. The number of hydrogen-bond donors (Lipinski definition) is 0. The predicted molar refractivity (Wildman–Crippen MR) is 121 cm³/mol. The highest BCUT2D eigenvalue weighted by Gasteiger charge is 2.23. The van der Waals surface area contributed by atoms with Gasteiger partial charge in [0.05, 0.1) is 31.0 Å². The Morgan fingerprint density at radius 3 is 2.47 bits per heavy atom. The minimum atomic E-state index is -0.143. The van der Waals surface area contributed by atoms with Gasteiger partial charge in [-0.25, -0.2) is 4.98 Å². The Labute approximate surface area is 179 Å². The van der Waals surface area contributed by atoms with E-state index in [1.54, 1.807) is 37.3 Å². The molecule has 6 heteroatoms. The number of hydrogen-bond acceptors (Lipinski definition) is 5. The molecule has 0 bridgehead atoms. The van der Waals surface area contributed by atoms with Crippen LogP contribution in [-0.2, 0) is 6.54 Å². The molecule has 1 amide bonds. The summed E-state index contributed by atoms with van der Waals surface area (Å²) in [6.07, 6.45) is 0. The fraction of sp³-hybridized carbons (Fsp3) is 0.167. The molecule has 0 spiro atoms. The molecule has 0 N–H and O–H groups in total. The fourth-order valence-electron chi connectivity index (χ4n) is 3.25. The molecule has 1 heterocycles. The topological polar surface area (TPSA) is 51.7 Å². The highest BCUT2D eigenvalue weighted by molar-refractivity contribution is 7.22. The molecule has 4 aromatic rings. The van der Waals surface area contributed by atoms with Gasteiger partial charge in [-0.05, 0) is 48.4 Å². The minimum absolute atomic E-state index is 0.143. The van der Waals surface area contributed by atoms with Gasteiger partial charge >= 0.3 is 0 Å². The van der Waals surface area contributed by atoms with Gasteiger partial charge in [-0.2, -0.15) is 0 Å². The summed E-state index contributed by atoms with van der Waals surface area (Å²) in [5, 5.41) is 0.666. The Morgan fingerprint density at radius 2 is 1.73 bits per heavy atom. The van der Waals surface area contributed by atoms with Crippen molar-refractivity contribution < 1.29 is 14.3 Å². The second-order valence-corrected chi connectivity index (χ2v) is 7.92. The first-order valence-electron chi connectivity index (χ1n) is 9.54. The third-order valence-electron chi connectivity index (χ3n) is 4.82. The van der Waals surface area contributed by atoms with E-state index >= 15 is 0 Å². The number of carbonyl (C=O) groups is 1. The van der Waals surface area contributed by atoms with E-state index in [9.17, 15) is 4.79 Å². The van der Waals surface area contributed by atoms with Gasteiger partial charge in [0.2, 0.25) is 0 Å². The van der Waals surface area contributed by atoms with Crippen molar-refractivity contribution in [3.8, 4) is 11.5 Å². The Morgan fingerprint density at radius 1 is 0.967 bits per heavy atom. The van der Waals surface area contributed by atoms with Gasteiger partial charge in [0.15, 0.2) is 16.6 Å². The number of carbonyl (C=O) groups excluding carboxylic acids is 1. The summed E-state index contributed by atoms with van der Waals surface area (Å²) in [7, 11) is 3.13. The maximum Gasteiger partial charge on any atom is 0.260 e. The summed E-state index contributed by atoms with van der Waals surface area (Å²) in [6, 6.07) is 21.2. The number of aryl methyl sites for hydroxylation is 1. The Kier molecular flexibility index (Phi) is 5.68. The number of fused-ring (bicyclic) bond motifs is 1. The molecule has 0 atom stereocenters. The van der Waals surface area contributed by atoms with Crippen LogP contribution in [0.15, 0.2) is 66.7 Å². The van der Waals surface area contributed by atoms with Crippen molar-refractivity contribution in [2.24, 2.45) is 0 Å². The van der Waals surface area contributed by atoms with Crippen LogP contribution in [0.5, 0.6) is 11.5 Å². The van der Waals surface area contributed by atoms with E-state index in [1.165, 1.54) is 16.9 Å². The summed E-state index contributed by atoms with van der Waals surface area (Å²) >= 11 is 1.52. The van der Waals surface area contributed by atoms with Gasteiger partial charge in [-0.15, -0.1) is 0 Å². The van der Waals surface area contributed by atoms with Crippen molar-refractivity contribution in [2.45, 2.75) is 13.5 Å². The first-order chi connectivity index (χ1) is 14.6. The van der Waals surface area contributed by atoms with Crippen LogP contribution < -0.4 is 14.4 Å². The lowest BCUT2D eigenvalue weighted by Gasteiger charge is -2.21. The van der Waals surface area contributed by atoms with Crippen LogP contribution >= 0.6 is 11.3 Å². The Bertz CT molecular complexity index is 1190. The van der Waals surface area contributed by atoms with Crippen molar-refractivity contribution in [3.63, 3.8) is 0 Å². The van der Waals surface area contributed by atoms with Crippen LogP contribution in [0.3, 0.4) is 0 Å². The molecular formula is C24H22N2O3S. The molecule has 0 saturated carbocycles. The van der Waals surface area contributed by atoms with Crippen LogP contribution in [0.1, 0.15) is 21.5 Å². The lowest BCUT2D eigenvalue weighted by Crippen LogP contribution is -2.30. The first-order valence-corrected chi connectivity index (χ1v) is 10.4. The molecule has 0 aliphatic carbocycles. The van der Waals surface area contributed by atoms with E-state index in [4.69, 9.17) is 14.5 Å². The normalized spacial score (nSPS) is 10.8. The molecule has 1 aromatic heterocycles. The highest BCUT2D eigenvalue weighted by atomic mass is 32.1. The van der Waals surface area contributed by atoms with Crippen LogP contribution in [0.25, 0.3) is 10.2 Å². The third kappa shape index (κ3) is 4.00. The number of aromatic nitrogens is 1. The molecular weight excluding hydrogens is 396 g/mol. The summed E-state index contributed by atoms with van der Waals surface area (Å²) in [5.74, 6) is 0.956. The smallest absolute Gasteiger partial charge is 0.260 e. The van der Waals surface area contributed by atoms with Crippen LogP contribution in [0.4, 0.5) is 5.13 Å². The maximum atomic E-state index is 13.6. The van der Waals surface area contributed by atoms with Crippen LogP contribution in [-0.4, -0.2) is 25.1 Å². The summed E-state index contributed by atoms with van der Waals surface area (Å²) in [6.45, 7) is 2.47. The van der Waals surface area contributed by atoms with Gasteiger partial charge in [-0.1, -0.05) is 47.7 Å². The van der Waals surface area contributed by atoms with E-state index < -0.39 is 0 Å². The zero-order valence-corrected chi connectivity index (χ0v) is 17.9. The molecule has 4 rings (SSSR count). The number of amides is 1. The van der Waals surface area contributed by atoms with Crippen molar-refractivity contribution in [1.82, 2.24) is 4.98 Å². The number of rotatable bonds is 6. The fourth-order valence-corrected chi connectivity index (χ4v) is 4.31. The molecule has 0 saturated heterocycles. The second-order valence-electron chi connectivity index (χ2n) is 6.91. The first kappa shape index (κ1) is 19.9. The molecule has 0 fully saturated rings. The molecule has 0 aliphatic heterocycles. The van der Waals surface area contributed by atoms with Crippen LogP contribution in [0.2, 0.25) is 0 Å². The molecule has 0 unspecified atom stereocenters. The summed E-state index contributed by atoms with van der Waals surface area (Å²) in [4.78, 5) is 20.0. The lowest BCUT2D eigenvalue weighted by atomic mass is 10.1. The highest BCUT2D eigenvalue weighted by Crippen LogP contribution is 2.33. The van der Waals surface area contributed by atoms with Gasteiger partial charge in [0.1, 0.15) is 0 Å². The van der Waals surface area contributed by atoms with E-state index in [1.807, 2.05) is 42.5 Å². The zero-order chi connectivity index (χ0) is 21.1. The minimum Gasteiger partial charge on any atom is -0.493 e. The molecule has 0 radical (unpaired) electrons. The SMILES string of the molecule is COc1ccc(C(=O)N(Cc2ccccc2)c2nc3ccc(C)cc3s2)cc1OC. The molecule has 152 valence electrons. The van der Waals surface area contributed by atoms with Crippen molar-refractivity contribution in [1.29, 1.82) is 0 Å². The number of methoxy groups -OCH3 is 2. The second kappa shape index (κ2) is 8.55.